The van der Waals surface area contributed by atoms with E-state index in [1.165, 1.54) is 67.2 Å². The number of allylic oxidation sites excluding steroid dienone is 15. The van der Waals surface area contributed by atoms with Crippen LogP contribution in [0.15, 0.2) is 94.7 Å². The second kappa shape index (κ2) is 6.21. The van der Waals surface area contributed by atoms with Gasteiger partial charge in [0.15, 0.2) is 0 Å². The fraction of sp³-hybridized carbons (Fsp3) is 0.429. The highest BCUT2D eigenvalue weighted by atomic mass is 14.5. The van der Waals surface area contributed by atoms with Crippen LogP contribution in [-0.4, -0.2) is 0 Å². The normalized spacial score (nSPS) is 34.8. The van der Waals surface area contributed by atoms with Crippen LogP contribution in [0.2, 0.25) is 0 Å². The van der Waals surface area contributed by atoms with Gasteiger partial charge in [0, 0.05) is 11.8 Å². The maximum atomic E-state index is 4.51. The van der Waals surface area contributed by atoms with Gasteiger partial charge in [-0.05, 0) is 78.6 Å². The molecular formula is C28H30. The summed E-state index contributed by atoms with van der Waals surface area (Å²) >= 11 is 0. The molecule has 0 heterocycles. The van der Waals surface area contributed by atoms with Crippen molar-refractivity contribution in [1.82, 2.24) is 0 Å². The van der Waals surface area contributed by atoms with Crippen LogP contribution in [-0.2, 0) is 0 Å². The molecule has 0 nitrogen and oxygen atoms in total. The molecule has 2 fully saturated rings. The Kier molecular flexibility index (Phi) is 3.73. The standard InChI is InChI=1S/C28H30/c1-19-14-26(22-8-7-20-4-2-5-21(20)15-22)16-24-10-9-23(17-27(19)24)25-6-3-11-28(18-25)12-13-28/h2,4-5,7-10,14-15,21,25,27H,1,3,6,11-13,16-18H2. The maximum absolute atomic E-state index is 4.51. The highest BCUT2D eigenvalue weighted by molar-refractivity contribution is 5.57. The minimum atomic E-state index is 0.472. The highest BCUT2D eigenvalue weighted by Crippen LogP contribution is 2.59. The van der Waals surface area contributed by atoms with Crippen LogP contribution in [0.1, 0.15) is 51.4 Å². The second-order valence-electron chi connectivity index (χ2n) is 9.99. The van der Waals surface area contributed by atoms with Crippen molar-refractivity contribution in [2.45, 2.75) is 51.4 Å². The molecule has 0 aromatic rings. The van der Waals surface area contributed by atoms with Crippen molar-refractivity contribution in [3.05, 3.63) is 94.7 Å². The van der Waals surface area contributed by atoms with Gasteiger partial charge in [-0.3, -0.25) is 0 Å². The van der Waals surface area contributed by atoms with Crippen molar-refractivity contribution in [2.75, 3.05) is 0 Å². The average molecular weight is 367 g/mol. The van der Waals surface area contributed by atoms with Crippen LogP contribution in [0.4, 0.5) is 0 Å². The Morgan fingerprint density at radius 3 is 2.79 bits per heavy atom. The third-order valence-corrected chi connectivity index (χ3v) is 8.20. The van der Waals surface area contributed by atoms with E-state index in [0.29, 0.717) is 11.8 Å². The molecule has 0 aliphatic heterocycles. The van der Waals surface area contributed by atoms with Crippen molar-refractivity contribution in [3.8, 4) is 0 Å². The zero-order valence-electron chi connectivity index (χ0n) is 16.8. The molecule has 28 heavy (non-hydrogen) atoms. The summed E-state index contributed by atoms with van der Waals surface area (Å²) in [5, 5.41) is 0. The first-order valence-corrected chi connectivity index (χ1v) is 11.3. The fourth-order valence-electron chi connectivity index (χ4n) is 6.27. The lowest BCUT2D eigenvalue weighted by atomic mass is 9.68. The second-order valence-corrected chi connectivity index (χ2v) is 9.99. The summed E-state index contributed by atoms with van der Waals surface area (Å²) < 4.78 is 0. The molecule has 1 spiro atoms. The number of rotatable bonds is 2. The van der Waals surface area contributed by atoms with Gasteiger partial charge in [0.05, 0.1) is 0 Å². The van der Waals surface area contributed by atoms with Gasteiger partial charge in [-0.2, -0.15) is 0 Å². The van der Waals surface area contributed by atoms with Gasteiger partial charge < -0.3 is 0 Å². The van der Waals surface area contributed by atoms with E-state index in [4.69, 9.17) is 0 Å². The predicted molar refractivity (Wildman–Crippen MR) is 118 cm³/mol. The minimum absolute atomic E-state index is 0.472. The SMILES string of the molecule is C=C1C=C(C2=CC3C=CC=C3C=C2)CC2=CC=C(C3CCCC4(CC4)C3)CC12. The molecule has 142 valence electrons. The molecule has 0 radical (unpaired) electrons. The molecule has 3 atom stereocenters. The zero-order chi connectivity index (χ0) is 18.7. The van der Waals surface area contributed by atoms with Gasteiger partial charge in [-0.15, -0.1) is 0 Å². The molecular weight excluding hydrogens is 336 g/mol. The molecule has 0 N–H and O–H groups in total. The molecule has 0 saturated heterocycles. The molecule has 6 rings (SSSR count). The van der Waals surface area contributed by atoms with Gasteiger partial charge in [-0.25, -0.2) is 0 Å². The van der Waals surface area contributed by atoms with Gasteiger partial charge in [-0.1, -0.05) is 78.8 Å². The van der Waals surface area contributed by atoms with Gasteiger partial charge in [0.2, 0.25) is 0 Å². The van der Waals surface area contributed by atoms with Crippen LogP contribution >= 0.6 is 0 Å². The monoisotopic (exact) mass is 366 g/mol. The molecule has 3 unspecified atom stereocenters. The van der Waals surface area contributed by atoms with Crippen LogP contribution in [0.25, 0.3) is 0 Å². The summed E-state index contributed by atoms with van der Waals surface area (Å²) in [6, 6.07) is 0. The Labute approximate surface area is 169 Å². The Hall–Kier alpha value is -2.08. The summed E-state index contributed by atoms with van der Waals surface area (Å²) in [6.07, 6.45) is 32.2. The third kappa shape index (κ3) is 2.81. The first-order chi connectivity index (χ1) is 13.7. The molecule has 2 saturated carbocycles. The molecule has 0 bridgehead atoms. The van der Waals surface area contributed by atoms with Crippen LogP contribution < -0.4 is 0 Å². The van der Waals surface area contributed by atoms with Crippen molar-refractivity contribution in [3.63, 3.8) is 0 Å². The number of hydrogen-bond acceptors (Lipinski definition) is 0. The molecule has 6 aliphatic carbocycles. The van der Waals surface area contributed by atoms with E-state index in [1.807, 2.05) is 0 Å². The lowest BCUT2D eigenvalue weighted by Crippen LogP contribution is -2.23. The van der Waals surface area contributed by atoms with Gasteiger partial charge >= 0.3 is 0 Å². The first kappa shape index (κ1) is 16.8. The van der Waals surface area contributed by atoms with E-state index in [2.05, 4.69) is 61.3 Å². The van der Waals surface area contributed by atoms with E-state index in [-0.39, 0.29) is 0 Å². The number of fused-ring (bicyclic) bond motifs is 2. The summed E-state index contributed by atoms with van der Waals surface area (Å²) in [5.41, 5.74) is 9.66. The number of hydrogen-bond donors (Lipinski definition) is 0. The maximum Gasteiger partial charge on any atom is 0.0210 e. The Morgan fingerprint density at radius 1 is 1.00 bits per heavy atom. The Balaban J connectivity index is 1.23. The minimum Gasteiger partial charge on any atom is -0.0952 e. The molecule has 0 aromatic carbocycles. The van der Waals surface area contributed by atoms with Crippen molar-refractivity contribution in [1.29, 1.82) is 0 Å². The van der Waals surface area contributed by atoms with Gasteiger partial charge in [0.25, 0.3) is 0 Å². The molecule has 6 aliphatic rings. The summed E-state index contributed by atoms with van der Waals surface area (Å²) in [5.74, 6) is 1.87. The fourth-order valence-corrected chi connectivity index (χ4v) is 6.27. The quantitative estimate of drug-likeness (QED) is 0.480. The van der Waals surface area contributed by atoms with Crippen LogP contribution in [0.5, 0.6) is 0 Å². The zero-order valence-corrected chi connectivity index (χ0v) is 16.8. The van der Waals surface area contributed by atoms with E-state index in [0.717, 1.165) is 17.8 Å². The summed E-state index contributed by atoms with van der Waals surface area (Å²) in [4.78, 5) is 0. The Bertz CT molecular complexity index is 948. The van der Waals surface area contributed by atoms with E-state index in [9.17, 15) is 0 Å². The highest BCUT2D eigenvalue weighted by Gasteiger charge is 2.46. The van der Waals surface area contributed by atoms with E-state index in [1.54, 1.807) is 11.1 Å². The average Bonchev–Trinajstić information content (AvgIpc) is 3.28. The van der Waals surface area contributed by atoms with E-state index < -0.39 is 0 Å². The first-order valence-electron chi connectivity index (χ1n) is 11.3. The third-order valence-electron chi connectivity index (χ3n) is 8.20. The molecule has 0 amide bonds. The van der Waals surface area contributed by atoms with Crippen LogP contribution in [0, 0.1) is 23.2 Å². The lowest BCUT2D eigenvalue weighted by molar-refractivity contribution is 0.268. The summed E-state index contributed by atoms with van der Waals surface area (Å²) in [6.45, 7) is 4.51. The predicted octanol–water partition coefficient (Wildman–Crippen LogP) is 7.32. The van der Waals surface area contributed by atoms with E-state index >= 15 is 0 Å². The smallest absolute Gasteiger partial charge is 0.0210 e. The van der Waals surface area contributed by atoms with Gasteiger partial charge in [0.1, 0.15) is 0 Å². The molecule has 0 aromatic heterocycles. The molecule has 0 heteroatoms. The Morgan fingerprint density at radius 2 is 1.89 bits per heavy atom. The van der Waals surface area contributed by atoms with Crippen molar-refractivity contribution in [2.24, 2.45) is 23.2 Å². The topological polar surface area (TPSA) is 0 Å². The van der Waals surface area contributed by atoms with Crippen molar-refractivity contribution >= 4 is 0 Å². The van der Waals surface area contributed by atoms with Crippen LogP contribution in [0.3, 0.4) is 0 Å². The lowest BCUT2D eigenvalue weighted by Gasteiger charge is -2.37. The summed E-state index contributed by atoms with van der Waals surface area (Å²) in [7, 11) is 0. The largest absolute Gasteiger partial charge is 0.0952 e. The van der Waals surface area contributed by atoms with Crippen molar-refractivity contribution < 1.29 is 0 Å².